The number of nitrogens with one attached hydrogen (secondary N) is 1. The van der Waals surface area contributed by atoms with Gasteiger partial charge in [0.25, 0.3) is 0 Å². The Bertz CT molecular complexity index is 405. The summed E-state index contributed by atoms with van der Waals surface area (Å²) in [5.74, 6) is -0.998. The molecule has 0 saturated carbocycles. The molecule has 2 atom stereocenters. The van der Waals surface area contributed by atoms with E-state index in [1.54, 1.807) is 0 Å². The predicted octanol–water partition coefficient (Wildman–Crippen LogP) is 3.05. The van der Waals surface area contributed by atoms with Crippen LogP contribution >= 0.6 is 0 Å². The molecule has 0 radical (unpaired) electrons. The number of ether oxygens (including phenoxy) is 1. The molecule has 1 saturated heterocycles. The molecule has 1 aliphatic heterocycles. The molecule has 0 aliphatic carbocycles. The highest BCUT2D eigenvalue weighted by molar-refractivity contribution is 5.19. The molecule has 2 unspecified atom stereocenters. The van der Waals surface area contributed by atoms with E-state index in [-0.39, 0.29) is 12.1 Å². The third-order valence-electron chi connectivity index (χ3n) is 3.71. The van der Waals surface area contributed by atoms with Crippen molar-refractivity contribution in [2.45, 2.75) is 44.2 Å². The standard InChI is InChI=1S/C15H21F2NO/c1-18-13(10-14-4-2-3-7-19-14)8-11-5-6-12(16)9-15(11)17/h5-6,9,13-14,18H,2-4,7-8,10H2,1H3. The lowest BCUT2D eigenvalue weighted by Gasteiger charge is -2.27. The second kappa shape index (κ2) is 6.96. The van der Waals surface area contributed by atoms with Crippen molar-refractivity contribution in [1.82, 2.24) is 5.32 Å². The monoisotopic (exact) mass is 269 g/mol. The molecule has 1 N–H and O–H groups in total. The Hall–Kier alpha value is -1.00. The van der Waals surface area contributed by atoms with E-state index in [1.165, 1.54) is 18.6 Å². The van der Waals surface area contributed by atoms with Crippen molar-refractivity contribution in [2.75, 3.05) is 13.7 Å². The van der Waals surface area contributed by atoms with Gasteiger partial charge < -0.3 is 10.1 Å². The Labute approximate surface area is 113 Å². The smallest absolute Gasteiger partial charge is 0.129 e. The van der Waals surface area contributed by atoms with E-state index in [0.717, 1.165) is 31.9 Å². The molecule has 1 aromatic carbocycles. The van der Waals surface area contributed by atoms with Crippen molar-refractivity contribution in [3.63, 3.8) is 0 Å². The van der Waals surface area contributed by atoms with Gasteiger partial charge in [-0.2, -0.15) is 0 Å². The van der Waals surface area contributed by atoms with Crippen LogP contribution in [-0.2, 0) is 11.2 Å². The van der Waals surface area contributed by atoms with E-state index in [2.05, 4.69) is 5.32 Å². The zero-order valence-corrected chi connectivity index (χ0v) is 11.3. The van der Waals surface area contributed by atoms with Crippen molar-refractivity contribution >= 4 is 0 Å². The van der Waals surface area contributed by atoms with Gasteiger partial charge in [-0.15, -0.1) is 0 Å². The van der Waals surface area contributed by atoms with Crippen molar-refractivity contribution in [2.24, 2.45) is 0 Å². The fourth-order valence-corrected chi connectivity index (χ4v) is 2.57. The molecule has 0 spiro atoms. The highest BCUT2D eigenvalue weighted by Crippen LogP contribution is 2.19. The minimum atomic E-state index is -0.530. The number of halogens is 2. The van der Waals surface area contributed by atoms with Gasteiger partial charge in [0.15, 0.2) is 0 Å². The fraction of sp³-hybridized carbons (Fsp3) is 0.600. The quantitative estimate of drug-likeness (QED) is 0.887. The average Bonchev–Trinajstić information content (AvgIpc) is 2.42. The first kappa shape index (κ1) is 14.4. The van der Waals surface area contributed by atoms with Crippen molar-refractivity contribution in [3.05, 3.63) is 35.4 Å². The molecule has 106 valence electrons. The van der Waals surface area contributed by atoms with Gasteiger partial charge in [-0.25, -0.2) is 8.78 Å². The maximum Gasteiger partial charge on any atom is 0.129 e. The summed E-state index contributed by atoms with van der Waals surface area (Å²) >= 11 is 0. The summed E-state index contributed by atoms with van der Waals surface area (Å²) in [6, 6.07) is 3.93. The first-order valence-corrected chi connectivity index (χ1v) is 6.92. The largest absolute Gasteiger partial charge is 0.378 e. The molecule has 1 heterocycles. The molecule has 0 aromatic heterocycles. The molecule has 1 aromatic rings. The second-order valence-electron chi connectivity index (χ2n) is 5.15. The Morgan fingerprint density at radius 3 is 2.84 bits per heavy atom. The average molecular weight is 269 g/mol. The van der Waals surface area contributed by atoms with Crippen LogP contribution in [0.15, 0.2) is 18.2 Å². The van der Waals surface area contributed by atoms with Crippen LogP contribution < -0.4 is 5.32 Å². The summed E-state index contributed by atoms with van der Waals surface area (Å²) < 4.78 is 32.2. The molecule has 4 heteroatoms. The topological polar surface area (TPSA) is 21.3 Å². The van der Waals surface area contributed by atoms with Crippen LogP contribution in [-0.4, -0.2) is 25.8 Å². The molecule has 2 nitrogen and oxygen atoms in total. The first-order chi connectivity index (χ1) is 9.19. The first-order valence-electron chi connectivity index (χ1n) is 6.92. The summed E-state index contributed by atoms with van der Waals surface area (Å²) in [5, 5.41) is 3.20. The van der Waals surface area contributed by atoms with Gasteiger partial charge >= 0.3 is 0 Å². The predicted molar refractivity (Wildman–Crippen MR) is 71.1 cm³/mol. The fourth-order valence-electron chi connectivity index (χ4n) is 2.57. The van der Waals surface area contributed by atoms with Crippen LogP contribution in [0.25, 0.3) is 0 Å². The van der Waals surface area contributed by atoms with E-state index < -0.39 is 11.6 Å². The molecule has 2 rings (SSSR count). The van der Waals surface area contributed by atoms with E-state index >= 15 is 0 Å². The molecule has 0 bridgehead atoms. The van der Waals surface area contributed by atoms with Crippen molar-refractivity contribution in [1.29, 1.82) is 0 Å². The van der Waals surface area contributed by atoms with Crippen LogP contribution in [0.1, 0.15) is 31.2 Å². The maximum atomic E-state index is 13.6. The highest BCUT2D eigenvalue weighted by atomic mass is 19.1. The zero-order chi connectivity index (χ0) is 13.7. The van der Waals surface area contributed by atoms with Crippen LogP contribution in [0.3, 0.4) is 0 Å². The van der Waals surface area contributed by atoms with Gasteiger partial charge in [0.1, 0.15) is 11.6 Å². The lowest BCUT2D eigenvalue weighted by molar-refractivity contribution is 0.00564. The minimum absolute atomic E-state index is 0.156. The molecule has 1 fully saturated rings. The third kappa shape index (κ3) is 4.25. The Kier molecular flexibility index (Phi) is 5.28. The van der Waals surface area contributed by atoms with Crippen LogP contribution in [0.4, 0.5) is 8.78 Å². The Morgan fingerprint density at radius 1 is 1.37 bits per heavy atom. The van der Waals surface area contributed by atoms with Gasteiger partial charge in [-0.05, 0) is 50.8 Å². The van der Waals surface area contributed by atoms with Crippen molar-refractivity contribution < 1.29 is 13.5 Å². The SMILES string of the molecule is CNC(Cc1ccc(F)cc1F)CC1CCCCO1. The summed E-state index contributed by atoms with van der Waals surface area (Å²) in [6.45, 7) is 0.825. The van der Waals surface area contributed by atoms with Gasteiger partial charge in [-0.1, -0.05) is 6.07 Å². The zero-order valence-electron chi connectivity index (χ0n) is 11.3. The summed E-state index contributed by atoms with van der Waals surface area (Å²) in [7, 11) is 1.87. The number of benzene rings is 1. The summed E-state index contributed by atoms with van der Waals surface area (Å²) in [4.78, 5) is 0. The van der Waals surface area contributed by atoms with Gasteiger partial charge in [-0.3, -0.25) is 0 Å². The van der Waals surface area contributed by atoms with E-state index in [4.69, 9.17) is 4.74 Å². The lowest BCUT2D eigenvalue weighted by Crippen LogP contribution is -2.34. The molecular weight excluding hydrogens is 248 g/mol. The molecule has 1 aliphatic rings. The lowest BCUT2D eigenvalue weighted by atomic mass is 9.97. The second-order valence-corrected chi connectivity index (χ2v) is 5.15. The molecule has 0 amide bonds. The van der Waals surface area contributed by atoms with E-state index in [0.29, 0.717) is 12.0 Å². The number of hydrogen-bond acceptors (Lipinski definition) is 2. The summed E-state index contributed by atoms with van der Waals surface area (Å²) in [6.07, 6.45) is 5.09. The van der Waals surface area contributed by atoms with Gasteiger partial charge in [0.05, 0.1) is 6.10 Å². The normalized spacial score (nSPS) is 21.3. The Morgan fingerprint density at radius 2 is 2.21 bits per heavy atom. The van der Waals surface area contributed by atoms with Gasteiger partial charge in [0.2, 0.25) is 0 Å². The minimum Gasteiger partial charge on any atom is -0.378 e. The third-order valence-corrected chi connectivity index (χ3v) is 3.71. The van der Waals surface area contributed by atoms with Crippen molar-refractivity contribution in [3.8, 4) is 0 Å². The molecular formula is C15H21F2NO. The number of rotatable bonds is 5. The highest BCUT2D eigenvalue weighted by Gasteiger charge is 2.19. The van der Waals surface area contributed by atoms with Crippen LogP contribution in [0.2, 0.25) is 0 Å². The van der Waals surface area contributed by atoms with Gasteiger partial charge in [0, 0.05) is 18.7 Å². The molecule has 19 heavy (non-hydrogen) atoms. The maximum absolute atomic E-state index is 13.6. The summed E-state index contributed by atoms with van der Waals surface area (Å²) in [5.41, 5.74) is 0.552. The Balaban J connectivity index is 1.94. The van der Waals surface area contributed by atoms with Crippen LogP contribution in [0.5, 0.6) is 0 Å². The van der Waals surface area contributed by atoms with Crippen LogP contribution in [0, 0.1) is 11.6 Å². The van der Waals surface area contributed by atoms with E-state index in [1.807, 2.05) is 7.05 Å². The number of hydrogen-bond donors (Lipinski definition) is 1. The van der Waals surface area contributed by atoms with E-state index in [9.17, 15) is 8.78 Å². The number of likely N-dealkylation sites (N-methyl/N-ethyl adjacent to an activating group) is 1.